The highest BCUT2D eigenvalue weighted by Gasteiger charge is 2.11. The number of rotatable bonds is 4. The minimum atomic E-state index is 0.266. The van der Waals surface area contributed by atoms with E-state index in [9.17, 15) is 5.21 Å². The van der Waals surface area contributed by atoms with E-state index in [0.717, 1.165) is 16.5 Å². The summed E-state index contributed by atoms with van der Waals surface area (Å²) in [5.41, 5.74) is 2.29. The Morgan fingerprint density at radius 2 is 1.80 bits per heavy atom. The molecule has 0 fully saturated rings. The van der Waals surface area contributed by atoms with Gasteiger partial charge in [0.25, 0.3) is 5.69 Å². The van der Waals surface area contributed by atoms with E-state index >= 15 is 0 Å². The van der Waals surface area contributed by atoms with Crippen molar-refractivity contribution < 1.29 is 9.70 Å². The van der Waals surface area contributed by atoms with Crippen LogP contribution in [0.4, 0.5) is 5.69 Å². The number of aromatic nitrogens is 1. The van der Waals surface area contributed by atoms with Gasteiger partial charge in [0.2, 0.25) is 5.28 Å². The molecule has 0 aliphatic heterocycles. The highest BCUT2D eigenvalue weighted by molar-refractivity contribution is 5.88. The molecule has 0 spiro atoms. The summed E-state index contributed by atoms with van der Waals surface area (Å²) in [6.45, 7) is 0.266. The molecule has 3 rings (SSSR count). The second kappa shape index (κ2) is 5.44. The minimum Gasteiger partial charge on any atom is -0.592 e. The van der Waals surface area contributed by atoms with Crippen molar-refractivity contribution in [1.82, 2.24) is 4.98 Å². The van der Waals surface area contributed by atoms with Crippen LogP contribution in [0.2, 0.25) is 0 Å². The van der Waals surface area contributed by atoms with Crippen molar-refractivity contribution in [3.05, 3.63) is 71.6 Å². The molecule has 0 aliphatic rings. The molecule has 3 aromatic rings. The Kier molecular flexibility index (Phi) is 3.33. The van der Waals surface area contributed by atoms with E-state index in [1.807, 2.05) is 54.6 Å². The molecule has 0 saturated carbocycles. The van der Waals surface area contributed by atoms with Crippen LogP contribution in [0.1, 0.15) is 5.56 Å². The van der Waals surface area contributed by atoms with Crippen LogP contribution in [-0.2, 0) is 11.4 Å². The second-order valence-corrected chi connectivity index (χ2v) is 4.33. The Hall–Kier alpha value is -2.82. The van der Waals surface area contributed by atoms with Crippen LogP contribution >= 0.6 is 0 Å². The van der Waals surface area contributed by atoms with E-state index < -0.39 is 0 Å². The number of nitrogens with zero attached hydrogens (tertiary/aromatic N) is 2. The van der Waals surface area contributed by atoms with Crippen LogP contribution in [0, 0.1) is 5.21 Å². The molecule has 0 saturated heterocycles. The van der Waals surface area contributed by atoms with Crippen molar-refractivity contribution in [3.63, 3.8) is 0 Å². The van der Waals surface area contributed by atoms with E-state index in [1.165, 1.54) is 0 Å². The molecule has 0 atom stereocenters. The summed E-state index contributed by atoms with van der Waals surface area (Å²) in [6.07, 6.45) is 1.62. The number of fused-ring (bicyclic) bond motifs is 1. The van der Waals surface area contributed by atoms with Crippen LogP contribution < -0.4 is 0 Å². The van der Waals surface area contributed by atoms with Gasteiger partial charge in [-0.05, 0) is 22.6 Å². The Morgan fingerprint density at radius 3 is 2.65 bits per heavy atom. The number of benzene rings is 2. The first-order chi connectivity index (χ1) is 9.84. The van der Waals surface area contributed by atoms with Crippen molar-refractivity contribution in [3.8, 4) is 0 Å². The third-order valence-corrected chi connectivity index (χ3v) is 2.98. The maximum absolute atomic E-state index is 11.9. The molecule has 0 bridgehead atoms. The van der Waals surface area contributed by atoms with Gasteiger partial charge in [0, 0.05) is 0 Å². The van der Waals surface area contributed by atoms with E-state index in [0.29, 0.717) is 10.5 Å². The number of nitrogens with one attached hydrogen (secondary N) is 1. The molecule has 0 aliphatic carbocycles. The molecule has 20 heavy (non-hydrogen) atoms. The average Bonchev–Trinajstić information content (AvgIpc) is 2.92. The van der Waals surface area contributed by atoms with Gasteiger partial charge in [-0.3, -0.25) is 0 Å². The lowest BCUT2D eigenvalue weighted by molar-refractivity contribution is -0.478. The van der Waals surface area contributed by atoms with Gasteiger partial charge in [-0.25, -0.2) is 0 Å². The van der Waals surface area contributed by atoms with Gasteiger partial charge in [0.15, 0.2) is 0 Å². The first-order valence-corrected chi connectivity index (χ1v) is 6.25. The average molecular weight is 267 g/mol. The first-order valence-electron chi connectivity index (χ1n) is 6.25. The summed E-state index contributed by atoms with van der Waals surface area (Å²) in [5, 5.41) is 16.3. The van der Waals surface area contributed by atoms with Crippen molar-refractivity contribution in [2.45, 2.75) is 6.61 Å². The minimum absolute atomic E-state index is 0.266. The summed E-state index contributed by atoms with van der Waals surface area (Å²) in [4.78, 5) is 8.59. The largest absolute Gasteiger partial charge is 0.592 e. The lowest BCUT2D eigenvalue weighted by atomic mass is 10.2. The molecule has 100 valence electrons. The molecule has 1 N–H and O–H groups in total. The van der Waals surface area contributed by atoms with Crippen LogP contribution in [-0.4, -0.2) is 9.84 Å². The topological polar surface area (TPSA) is 63.4 Å². The lowest BCUT2D eigenvalue weighted by Gasteiger charge is -1.99. The number of hydrogen-bond acceptors (Lipinski definition) is 3. The van der Waals surface area contributed by atoms with Crippen molar-refractivity contribution in [1.29, 1.82) is 0 Å². The van der Waals surface area contributed by atoms with Gasteiger partial charge in [0.05, 0.1) is 17.1 Å². The zero-order chi connectivity index (χ0) is 13.8. The SMILES string of the molecule is [O-][N+](=NOCc1ccccc1)c1c[nH]c2ccccc12. The smallest absolute Gasteiger partial charge is 0.273 e. The number of hydrogen-bond donors (Lipinski definition) is 1. The lowest BCUT2D eigenvalue weighted by Crippen LogP contribution is -1.94. The molecule has 1 aromatic heterocycles. The fourth-order valence-electron chi connectivity index (χ4n) is 1.99. The van der Waals surface area contributed by atoms with Crippen molar-refractivity contribution in [2.75, 3.05) is 0 Å². The van der Waals surface area contributed by atoms with E-state index in [1.54, 1.807) is 6.20 Å². The summed E-state index contributed by atoms with van der Waals surface area (Å²) in [7, 11) is 0. The highest BCUT2D eigenvalue weighted by Crippen LogP contribution is 2.24. The molecule has 0 amide bonds. The molecular formula is C15H13N3O2. The predicted molar refractivity (Wildman–Crippen MR) is 75.2 cm³/mol. The Morgan fingerprint density at radius 1 is 1.05 bits per heavy atom. The van der Waals surface area contributed by atoms with Gasteiger partial charge in [-0.1, -0.05) is 42.5 Å². The molecular weight excluding hydrogens is 254 g/mol. The standard InChI is InChI=1S/C15H13N3O2/c19-18(17-20-11-12-6-2-1-3-7-12)15-10-16-14-9-5-4-8-13(14)15/h1-10,16H,11H2. The molecule has 1 heterocycles. The highest BCUT2D eigenvalue weighted by atomic mass is 16.7. The zero-order valence-corrected chi connectivity index (χ0v) is 10.7. The van der Waals surface area contributed by atoms with Crippen LogP contribution in [0.25, 0.3) is 10.9 Å². The van der Waals surface area contributed by atoms with Crippen molar-refractivity contribution in [2.24, 2.45) is 5.28 Å². The molecule has 5 nitrogen and oxygen atoms in total. The van der Waals surface area contributed by atoms with Crippen LogP contribution in [0.3, 0.4) is 0 Å². The molecule has 2 aromatic carbocycles. The molecule has 0 radical (unpaired) electrons. The van der Waals surface area contributed by atoms with Crippen LogP contribution in [0.15, 0.2) is 66.1 Å². The third-order valence-electron chi connectivity index (χ3n) is 2.98. The second-order valence-electron chi connectivity index (χ2n) is 4.33. The Balaban J connectivity index is 1.75. The Bertz CT molecular complexity index is 735. The van der Waals surface area contributed by atoms with E-state index in [-0.39, 0.29) is 6.61 Å². The quantitative estimate of drug-likeness (QED) is 0.442. The summed E-state index contributed by atoms with van der Waals surface area (Å²) < 4.78 is 0. The predicted octanol–water partition coefficient (Wildman–Crippen LogP) is 3.89. The van der Waals surface area contributed by atoms with Crippen molar-refractivity contribution >= 4 is 16.6 Å². The monoisotopic (exact) mass is 267 g/mol. The number of aromatic amines is 1. The van der Waals surface area contributed by atoms with Crippen LogP contribution in [0.5, 0.6) is 0 Å². The van der Waals surface area contributed by atoms with E-state index in [4.69, 9.17) is 4.84 Å². The van der Waals surface area contributed by atoms with Gasteiger partial charge in [0.1, 0.15) is 6.61 Å². The summed E-state index contributed by atoms with van der Waals surface area (Å²) in [6, 6.07) is 17.1. The maximum atomic E-state index is 11.9. The molecule has 0 unspecified atom stereocenters. The number of para-hydroxylation sites is 1. The van der Waals surface area contributed by atoms with Gasteiger partial charge < -0.3 is 15.0 Å². The summed E-state index contributed by atoms with van der Waals surface area (Å²) >= 11 is 0. The Labute approximate surface area is 115 Å². The maximum Gasteiger partial charge on any atom is 0.273 e. The number of H-pyrrole nitrogens is 1. The van der Waals surface area contributed by atoms with Gasteiger partial charge in [-0.2, -0.15) is 0 Å². The van der Waals surface area contributed by atoms with Gasteiger partial charge >= 0.3 is 0 Å². The normalized spacial score (nSPS) is 11.7. The van der Waals surface area contributed by atoms with Gasteiger partial charge in [-0.15, -0.1) is 0 Å². The fraction of sp³-hybridized carbons (Fsp3) is 0.0667. The fourth-order valence-corrected chi connectivity index (χ4v) is 1.99. The third kappa shape index (κ3) is 2.47. The molecule has 5 heteroatoms. The zero-order valence-electron chi connectivity index (χ0n) is 10.7. The summed E-state index contributed by atoms with van der Waals surface area (Å²) in [5.74, 6) is 0. The van der Waals surface area contributed by atoms with E-state index in [2.05, 4.69) is 10.3 Å². The first kappa shape index (κ1) is 12.2.